The minimum Gasteiger partial charge on any atom is -0.355 e. The van der Waals surface area contributed by atoms with Gasteiger partial charge >= 0.3 is 0 Å². The number of rotatable bonds is 6. The maximum atomic E-state index is 13.6. The van der Waals surface area contributed by atoms with Crippen molar-refractivity contribution in [3.8, 4) is 0 Å². The zero-order valence-corrected chi connectivity index (χ0v) is 14.6. The highest BCUT2D eigenvalue weighted by Gasteiger charge is 2.17. The number of benzene rings is 1. The summed E-state index contributed by atoms with van der Waals surface area (Å²) in [6.45, 7) is 1.89. The van der Waals surface area contributed by atoms with Crippen LogP contribution in [0, 0.1) is 11.6 Å². The molecule has 0 spiro atoms. The second-order valence-corrected chi connectivity index (χ2v) is 6.36. The second-order valence-electron chi connectivity index (χ2n) is 6.36. The lowest BCUT2D eigenvalue weighted by Crippen LogP contribution is -2.43. The first-order valence-electron chi connectivity index (χ1n) is 8.69. The molecule has 4 nitrogen and oxygen atoms in total. The Bertz CT molecular complexity index is 542. The van der Waals surface area contributed by atoms with Crippen LogP contribution in [-0.4, -0.2) is 44.1 Å². The summed E-state index contributed by atoms with van der Waals surface area (Å²) in [5.74, 6) is -0.266. The summed E-state index contributed by atoms with van der Waals surface area (Å²) in [6, 6.07) is 4.14. The Morgan fingerprint density at radius 2 is 1.96 bits per heavy atom. The van der Waals surface area contributed by atoms with Crippen LogP contribution in [-0.2, 0) is 6.54 Å². The molecule has 134 valence electrons. The molecular weight excluding hydrogens is 310 g/mol. The minimum atomic E-state index is -0.440. The van der Waals surface area contributed by atoms with Gasteiger partial charge < -0.3 is 15.5 Å². The van der Waals surface area contributed by atoms with Gasteiger partial charge in [0.25, 0.3) is 0 Å². The van der Waals surface area contributed by atoms with Gasteiger partial charge in [-0.2, -0.15) is 0 Å². The molecule has 24 heavy (non-hydrogen) atoms. The van der Waals surface area contributed by atoms with Crippen LogP contribution in [0.2, 0.25) is 0 Å². The molecule has 0 bridgehead atoms. The van der Waals surface area contributed by atoms with Crippen molar-refractivity contribution in [2.45, 2.75) is 44.7 Å². The summed E-state index contributed by atoms with van der Waals surface area (Å²) in [5.41, 5.74) is 0.289. The van der Waals surface area contributed by atoms with E-state index in [1.807, 2.05) is 0 Å². The van der Waals surface area contributed by atoms with Crippen LogP contribution >= 0.6 is 0 Å². The molecule has 0 amide bonds. The lowest BCUT2D eigenvalue weighted by Gasteiger charge is -2.31. The fourth-order valence-corrected chi connectivity index (χ4v) is 3.13. The first-order valence-corrected chi connectivity index (χ1v) is 8.69. The molecule has 0 saturated heterocycles. The van der Waals surface area contributed by atoms with Crippen LogP contribution in [0.5, 0.6) is 0 Å². The number of nitrogens with zero attached hydrogens (tertiary/aromatic N) is 2. The summed E-state index contributed by atoms with van der Waals surface area (Å²) in [7, 11) is 3.83. The topological polar surface area (TPSA) is 39.7 Å². The van der Waals surface area contributed by atoms with Gasteiger partial charge in [-0.1, -0.05) is 19.3 Å². The van der Waals surface area contributed by atoms with Crippen LogP contribution in [0.15, 0.2) is 23.2 Å². The zero-order valence-electron chi connectivity index (χ0n) is 14.6. The van der Waals surface area contributed by atoms with Crippen LogP contribution < -0.4 is 10.6 Å². The molecule has 1 aromatic carbocycles. The molecule has 1 aliphatic rings. The first-order chi connectivity index (χ1) is 11.6. The molecule has 2 rings (SSSR count). The van der Waals surface area contributed by atoms with Crippen molar-refractivity contribution in [3.63, 3.8) is 0 Å². The number of aliphatic imine (C=N–C) groups is 1. The lowest BCUT2D eigenvalue weighted by molar-refractivity contribution is 0.194. The highest BCUT2D eigenvalue weighted by atomic mass is 19.1. The third kappa shape index (κ3) is 5.74. The van der Waals surface area contributed by atoms with Crippen molar-refractivity contribution in [1.29, 1.82) is 0 Å². The fourth-order valence-electron chi connectivity index (χ4n) is 3.13. The molecule has 1 aliphatic carbocycles. The average Bonchev–Trinajstić information content (AvgIpc) is 2.61. The molecule has 1 aromatic rings. The Hall–Kier alpha value is -1.69. The molecule has 0 atom stereocenters. The maximum absolute atomic E-state index is 13.6. The zero-order chi connectivity index (χ0) is 17.4. The van der Waals surface area contributed by atoms with E-state index in [1.54, 1.807) is 7.05 Å². The minimum absolute atomic E-state index is 0.196. The number of nitrogens with one attached hydrogen (secondary N) is 2. The summed E-state index contributed by atoms with van der Waals surface area (Å²) in [6.07, 6.45) is 6.57. The van der Waals surface area contributed by atoms with Crippen molar-refractivity contribution < 1.29 is 8.78 Å². The number of likely N-dealkylation sites (N-methyl/N-ethyl adjacent to an activating group) is 1. The summed E-state index contributed by atoms with van der Waals surface area (Å²) in [5, 5.41) is 6.25. The average molecular weight is 338 g/mol. The van der Waals surface area contributed by atoms with Crippen molar-refractivity contribution in [1.82, 2.24) is 15.5 Å². The van der Waals surface area contributed by atoms with E-state index in [1.165, 1.54) is 38.2 Å². The van der Waals surface area contributed by atoms with Crippen molar-refractivity contribution >= 4 is 5.96 Å². The summed E-state index contributed by atoms with van der Waals surface area (Å²) >= 11 is 0. The summed E-state index contributed by atoms with van der Waals surface area (Å²) in [4.78, 5) is 6.52. The van der Waals surface area contributed by atoms with Gasteiger partial charge in [0, 0.05) is 38.3 Å². The van der Waals surface area contributed by atoms with Gasteiger partial charge in [-0.25, -0.2) is 8.78 Å². The van der Waals surface area contributed by atoms with Gasteiger partial charge in [-0.05, 0) is 38.1 Å². The van der Waals surface area contributed by atoms with Crippen LogP contribution in [0.3, 0.4) is 0 Å². The molecule has 0 aromatic heterocycles. The van der Waals surface area contributed by atoms with E-state index in [0.29, 0.717) is 12.0 Å². The molecule has 0 aliphatic heterocycles. The van der Waals surface area contributed by atoms with E-state index in [2.05, 4.69) is 27.6 Å². The standard InChI is InChI=1S/C18H28F2N4/c1-21-18(23-13-14-12-15(19)8-9-17(14)20)22-10-11-24(2)16-6-4-3-5-7-16/h8-9,12,16H,3-7,10-11,13H2,1-2H3,(H2,21,22,23). The summed E-state index contributed by atoms with van der Waals surface area (Å²) < 4.78 is 26.8. The Labute approximate surface area is 143 Å². The Balaban J connectivity index is 1.73. The van der Waals surface area contributed by atoms with E-state index in [0.717, 1.165) is 25.2 Å². The van der Waals surface area contributed by atoms with Gasteiger partial charge in [0.1, 0.15) is 11.6 Å². The van der Waals surface area contributed by atoms with Gasteiger partial charge in [-0.3, -0.25) is 4.99 Å². The van der Waals surface area contributed by atoms with Gasteiger partial charge in [0.05, 0.1) is 0 Å². The van der Waals surface area contributed by atoms with Crippen LogP contribution in [0.1, 0.15) is 37.7 Å². The number of hydrogen-bond donors (Lipinski definition) is 2. The molecule has 1 fully saturated rings. The molecular formula is C18H28F2N4. The number of guanidine groups is 1. The molecule has 0 radical (unpaired) electrons. The van der Waals surface area contributed by atoms with Gasteiger partial charge in [0.15, 0.2) is 5.96 Å². The van der Waals surface area contributed by atoms with E-state index < -0.39 is 11.6 Å². The first kappa shape index (κ1) is 18.6. The monoisotopic (exact) mass is 338 g/mol. The second kappa shape index (κ2) is 9.57. The molecule has 1 saturated carbocycles. The highest BCUT2D eigenvalue weighted by Crippen LogP contribution is 2.21. The third-order valence-electron chi connectivity index (χ3n) is 4.63. The van der Waals surface area contributed by atoms with E-state index in [9.17, 15) is 8.78 Å². The molecule has 6 heteroatoms. The van der Waals surface area contributed by atoms with E-state index in [4.69, 9.17) is 0 Å². The maximum Gasteiger partial charge on any atom is 0.191 e. The Morgan fingerprint density at radius 3 is 2.67 bits per heavy atom. The lowest BCUT2D eigenvalue weighted by atomic mass is 9.94. The number of halogens is 2. The molecule has 2 N–H and O–H groups in total. The molecule has 0 heterocycles. The van der Waals surface area contributed by atoms with Crippen molar-refractivity contribution in [2.75, 3.05) is 27.2 Å². The Morgan fingerprint density at radius 1 is 1.21 bits per heavy atom. The normalized spacial score (nSPS) is 16.5. The van der Waals surface area contributed by atoms with Crippen LogP contribution in [0.25, 0.3) is 0 Å². The predicted molar refractivity (Wildman–Crippen MR) is 94.1 cm³/mol. The highest BCUT2D eigenvalue weighted by molar-refractivity contribution is 5.79. The van der Waals surface area contributed by atoms with Crippen LogP contribution in [0.4, 0.5) is 8.78 Å². The predicted octanol–water partition coefficient (Wildman–Crippen LogP) is 2.89. The van der Waals surface area contributed by atoms with Crippen molar-refractivity contribution in [3.05, 3.63) is 35.4 Å². The molecule has 0 unspecified atom stereocenters. The third-order valence-corrected chi connectivity index (χ3v) is 4.63. The van der Waals surface area contributed by atoms with E-state index >= 15 is 0 Å². The largest absolute Gasteiger partial charge is 0.355 e. The van der Waals surface area contributed by atoms with Crippen molar-refractivity contribution in [2.24, 2.45) is 4.99 Å². The number of hydrogen-bond acceptors (Lipinski definition) is 2. The fraction of sp³-hybridized carbons (Fsp3) is 0.611. The Kier molecular flexibility index (Phi) is 7.43. The SMILES string of the molecule is CN=C(NCCN(C)C1CCCCC1)NCc1cc(F)ccc1F. The smallest absolute Gasteiger partial charge is 0.191 e. The quantitative estimate of drug-likeness (QED) is 0.619. The van der Waals surface area contributed by atoms with Gasteiger partial charge in [-0.15, -0.1) is 0 Å². The van der Waals surface area contributed by atoms with Gasteiger partial charge in [0.2, 0.25) is 0 Å². The van der Waals surface area contributed by atoms with E-state index in [-0.39, 0.29) is 12.1 Å².